The molecule has 0 aliphatic rings. The summed E-state index contributed by atoms with van der Waals surface area (Å²) >= 11 is 0. The average molecular weight is 568 g/mol. The van der Waals surface area contributed by atoms with Gasteiger partial charge >= 0.3 is 24.7 Å². The van der Waals surface area contributed by atoms with E-state index < -0.39 is 64.2 Å². The Balaban J connectivity index is 2.21. The highest BCUT2D eigenvalue weighted by Crippen LogP contribution is 2.39. The highest BCUT2D eigenvalue weighted by molar-refractivity contribution is 6.09. The standard InChI is InChI=1S/C25H12F12N2/c26-22(27,28)15-8-16(23(29,30)31)11-19(10-15)38-21(7-6-14-4-2-1-3-5-14)39-20-12-17(24(32,33)34)9-18(13-20)25(35,36)37/h1-5,8-13H,(H,38,39). The van der Waals surface area contributed by atoms with Gasteiger partial charge in [-0.3, -0.25) is 0 Å². The molecule has 0 amide bonds. The van der Waals surface area contributed by atoms with Gasteiger partial charge < -0.3 is 5.32 Å². The van der Waals surface area contributed by atoms with Crippen LogP contribution in [-0.4, -0.2) is 5.84 Å². The van der Waals surface area contributed by atoms with Crippen LogP contribution in [0.5, 0.6) is 0 Å². The minimum atomic E-state index is -5.24. The molecule has 2 nitrogen and oxygen atoms in total. The second kappa shape index (κ2) is 10.5. The van der Waals surface area contributed by atoms with E-state index in [2.05, 4.69) is 22.2 Å². The first kappa shape index (κ1) is 29.4. The minimum absolute atomic E-state index is 0.167. The second-order valence-electron chi connectivity index (χ2n) is 7.76. The summed E-state index contributed by atoms with van der Waals surface area (Å²) in [6.07, 6.45) is -20.9. The zero-order valence-corrected chi connectivity index (χ0v) is 18.8. The average Bonchev–Trinajstić information content (AvgIpc) is 2.80. The van der Waals surface area contributed by atoms with Crippen molar-refractivity contribution in [1.29, 1.82) is 0 Å². The van der Waals surface area contributed by atoms with Crippen LogP contribution in [-0.2, 0) is 24.7 Å². The molecule has 1 N–H and O–H groups in total. The van der Waals surface area contributed by atoms with Crippen LogP contribution in [0.1, 0.15) is 27.8 Å². The van der Waals surface area contributed by atoms with Gasteiger partial charge in [-0.05, 0) is 54.5 Å². The Bertz CT molecular complexity index is 1350. The summed E-state index contributed by atoms with van der Waals surface area (Å²) in [6.45, 7) is 0. The number of alkyl halides is 12. The molecule has 39 heavy (non-hydrogen) atoms. The summed E-state index contributed by atoms with van der Waals surface area (Å²) in [5.74, 6) is 3.83. The van der Waals surface area contributed by atoms with Gasteiger partial charge in [-0.15, -0.1) is 0 Å². The Hall–Kier alpha value is -4.15. The third-order valence-corrected chi connectivity index (χ3v) is 4.76. The van der Waals surface area contributed by atoms with Gasteiger partial charge in [0, 0.05) is 11.3 Å². The van der Waals surface area contributed by atoms with Gasteiger partial charge in [0.25, 0.3) is 0 Å². The van der Waals surface area contributed by atoms with Crippen molar-refractivity contribution in [3.63, 3.8) is 0 Å². The number of hydrogen-bond donors (Lipinski definition) is 1. The predicted octanol–water partition coefficient (Wildman–Crippen LogP) is 8.96. The molecule has 0 aliphatic heterocycles. The van der Waals surface area contributed by atoms with Crippen LogP contribution in [0.2, 0.25) is 0 Å². The third-order valence-electron chi connectivity index (χ3n) is 4.76. The van der Waals surface area contributed by atoms with Gasteiger partial charge in [0.2, 0.25) is 0 Å². The zero-order valence-electron chi connectivity index (χ0n) is 18.8. The van der Waals surface area contributed by atoms with Crippen molar-refractivity contribution in [3.8, 4) is 11.8 Å². The van der Waals surface area contributed by atoms with Crippen molar-refractivity contribution < 1.29 is 52.7 Å². The summed E-state index contributed by atoms with van der Waals surface area (Å²) in [4.78, 5) is 3.57. The summed E-state index contributed by atoms with van der Waals surface area (Å²) in [7, 11) is 0. The van der Waals surface area contributed by atoms with E-state index in [-0.39, 0.29) is 42.0 Å². The summed E-state index contributed by atoms with van der Waals surface area (Å²) in [6, 6.07) is 8.07. The Morgan fingerprint density at radius 3 is 1.38 bits per heavy atom. The molecule has 0 fully saturated rings. The van der Waals surface area contributed by atoms with Gasteiger partial charge in [-0.1, -0.05) is 24.1 Å². The molecule has 0 aromatic heterocycles. The van der Waals surface area contributed by atoms with Crippen molar-refractivity contribution in [1.82, 2.24) is 0 Å². The van der Waals surface area contributed by atoms with Crippen LogP contribution < -0.4 is 5.32 Å². The van der Waals surface area contributed by atoms with Crippen LogP contribution in [0.25, 0.3) is 0 Å². The van der Waals surface area contributed by atoms with E-state index in [1.807, 2.05) is 0 Å². The fourth-order valence-corrected chi connectivity index (χ4v) is 3.04. The molecule has 3 aromatic rings. The van der Waals surface area contributed by atoms with Crippen LogP contribution in [0.3, 0.4) is 0 Å². The van der Waals surface area contributed by atoms with Crippen LogP contribution >= 0.6 is 0 Å². The molecule has 14 heteroatoms. The van der Waals surface area contributed by atoms with E-state index in [0.717, 1.165) is 0 Å². The molecular weight excluding hydrogens is 556 g/mol. The lowest BCUT2D eigenvalue weighted by Crippen LogP contribution is -2.15. The van der Waals surface area contributed by atoms with Crippen molar-refractivity contribution in [2.24, 2.45) is 4.99 Å². The fourth-order valence-electron chi connectivity index (χ4n) is 3.04. The topological polar surface area (TPSA) is 24.4 Å². The van der Waals surface area contributed by atoms with Crippen LogP contribution in [0.4, 0.5) is 64.1 Å². The first-order valence-electron chi connectivity index (χ1n) is 10.3. The monoisotopic (exact) mass is 568 g/mol. The molecule has 0 spiro atoms. The molecule has 0 radical (unpaired) electrons. The number of amidine groups is 1. The smallest absolute Gasteiger partial charge is 0.333 e. The molecule has 0 aliphatic carbocycles. The first-order chi connectivity index (χ1) is 17.8. The van der Waals surface area contributed by atoms with Crippen molar-refractivity contribution >= 4 is 17.2 Å². The van der Waals surface area contributed by atoms with Gasteiger partial charge in [0.1, 0.15) is 0 Å². The number of rotatable bonds is 2. The maximum absolute atomic E-state index is 13.2. The highest BCUT2D eigenvalue weighted by Gasteiger charge is 2.38. The molecule has 0 bridgehead atoms. The van der Waals surface area contributed by atoms with Crippen molar-refractivity contribution in [2.75, 3.05) is 5.32 Å². The van der Waals surface area contributed by atoms with Crippen molar-refractivity contribution in [2.45, 2.75) is 24.7 Å². The molecular formula is C25H12F12N2. The Morgan fingerprint density at radius 1 is 0.564 bits per heavy atom. The molecule has 206 valence electrons. The van der Waals surface area contributed by atoms with Gasteiger partial charge in [0.15, 0.2) is 5.84 Å². The molecule has 0 unspecified atom stereocenters. The van der Waals surface area contributed by atoms with E-state index in [9.17, 15) is 52.7 Å². The molecule has 0 saturated heterocycles. The number of benzene rings is 3. The van der Waals surface area contributed by atoms with E-state index in [4.69, 9.17) is 0 Å². The number of hydrogen-bond acceptors (Lipinski definition) is 1. The SMILES string of the molecule is FC(F)(F)c1cc(N=C(C#Cc2ccccc2)Nc2cc(C(F)(F)F)cc(C(F)(F)F)c2)cc(C(F)(F)F)c1. The van der Waals surface area contributed by atoms with Gasteiger partial charge in [-0.2, -0.15) is 52.7 Å². The second-order valence-corrected chi connectivity index (χ2v) is 7.76. The number of aliphatic imine (C=N–C) groups is 1. The predicted molar refractivity (Wildman–Crippen MR) is 117 cm³/mol. The van der Waals surface area contributed by atoms with E-state index >= 15 is 0 Å². The van der Waals surface area contributed by atoms with E-state index in [1.54, 1.807) is 6.07 Å². The van der Waals surface area contributed by atoms with E-state index in [0.29, 0.717) is 0 Å². The number of halogens is 12. The maximum atomic E-state index is 13.2. The first-order valence-corrected chi connectivity index (χ1v) is 10.3. The number of anilines is 1. The van der Waals surface area contributed by atoms with Gasteiger partial charge in [0.05, 0.1) is 27.9 Å². The minimum Gasteiger partial charge on any atom is -0.333 e. The summed E-state index contributed by atoms with van der Waals surface area (Å²) in [5, 5.41) is 2.05. The molecule has 0 atom stereocenters. The Kier molecular flexibility index (Phi) is 7.95. The molecule has 0 saturated carbocycles. The summed E-state index contributed by atoms with van der Waals surface area (Å²) in [5.41, 5.74) is -8.55. The lowest BCUT2D eigenvalue weighted by atomic mass is 10.1. The normalized spacial score (nSPS) is 13.1. The quantitative estimate of drug-likeness (QED) is 0.142. The molecule has 0 heterocycles. The fraction of sp³-hybridized carbons (Fsp3) is 0.160. The zero-order chi connectivity index (χ0) is 29.2. The van der Waals surface area contributed by atoms with Crippen LogP contribution in [0, 0.1) is 11.8 Å². The Morgan fingerprint density at radius 2 is 0.974 bits per heavy atom. The molecule has 3 aromatic carbocycles. The van der Waals surface area contributed by atoms with Crippen LogP contribution in [0.15, 0.2) is 71.7 Å². The van der Waals surface area contributed by atoms with Crippen molar-refractivity contribution in [3.05, 3.63) is 94.5 Å². The highest BCUT2D eigenvalue weighted by atomic mass is 19.4. The Labute approximate surface area is 212 Å². The number of nitrogens with zero attached hydrogens (tertiary/aromatic N) is 1. The van der Waals surface area contributed by atoms with E-state index in [1.165, 1.54) is 24.3 Å². The number of nitrogens with one attached hydrogen (secondary N) is 1. The summed E-state index contributed by atoms with van der Waals surface area (Å²) < 4.78 is 159. The lowest BCUT2D eigenvalue weighted by Gasteiger charge is -2.15. The molecule has 3 rings (SSSR count). The van der Waals surface area contributed by atoms with Gasteiger partial charge in [-0.25, -0.2) is 4.99 Å². The largest absolute Gasteiger partial charge is 0.416 e. The third kappa shape index (κ3) is 8.17. The maximum Gasteiger partial charge on any atom is 0.416 e. The lowest BCUT2D eigenvalue weighted by molar-refractivity contribution is -0.144.